The number of hydrogen-bond donors (Lipinski definition) is 3. The maximum Gasteiger partial charge on any atom is 0.293 e. The van der Waals surface area contributed by atoms with E-state index >= 15 is 0 Å². The van der Waals surface area contributed by atoms with E-state index in [0.717, 1.165) is 12.1 Å². The Balaban J connectivity index is 0.00000338. The Hall–Kier alpha value is -2.64. The molecule has 0 saturated carbocycles. The minimum absolute atomic E-state index is 0. The van der Waals surface area contributed by atoms with Crippen LogP contribution in [0.5, 0.6) is 0 Å². The fraction of sp³-hybridized carbons (Fsp3) is 0.278. The predicted octanol–water partition coefficient (Wildman–Crippen LogP) is 2.97. The van der Waals surface area contributed by atoms with Crippen molar-refractivity contribution in [3.63, 3.8) is 0 Å². The van der Waals surface area contributed by atoms with E-state index in [4.69, 9.17) is 0 Å². The predicted molar refractivity (Wildman–Crippen MR) is 105 cm³/mol. The SMILES string of the molecule is CCNCCNC(=O)c1ccc(NCc2ccccc2)c([N+](=O)[O-])c1.Cl. The largest absolute Gasteiger partial charge is 0.375 e. The van der Waals surface area contributed by atoms with Crippen molar-refractivity contribution in [3.8, 4) is 0 Å². The molecule has 0 aliphatic carbocycles. The first kappa shape index (κ1) is 21.4. The van der Waals surface area contributed by atoms with E-state index in [-0.39, 0.29) is 29.6 Å². The van der Waals surface area contributed by atoms with Crippen molar-refractivity contribution in [1.82, 2.24) is 10.6 Å². The van der Waals surface area contributed by atoms with E-state index in [9.17, 15) is 14.9 Å². The third-order valence-electron chi connectivity index (χ3n) is 3.62. The molecule has 140 valence electrons. The lowest BCUT2D eigenvalue weighted by Gasteiger charge is -2.09. The molecule has 2 rings (SSSR count). The van der Waals surface area contributed by atoms with E-state index in [2.05, 4.69) is 16.0 Å². The van der Waals surface area contributed by atoms with Gasteiger partial charge >= 0.3 is 0 Å². The van der Waals surface area contributed by atoms with Gasteiger partial charge in [0.15, 0.2) is 0 Å². The van der Waals surface area contributed by atoms with Crippen LogP contribution in [-0.4, -0.2) is 30.5 Å². The van der Waals surface area contributed by atoms with Crippen LogP contribution in [0.15, 0.2) is 48.5 Å². The van der Waals surface area contributed by atoms with Crippen LogP contribution in [0.3, 0.4) is 0 Å². The molecule has 8 heteroatoms. The van der Waals surface area contributed by atoms with E-state index < -0.39 is 4.92 Å². The van der Waals surface area contributed by atoms with E-state index in [1.165, 1.54) is 6.07 Å². The Morgan fingerprint density at radius 2 is 1.85 bits per heavy atom. The van der Waals surface area contributed by atoms with Crippen LogP contribution in [0.1, 0.15) is 22.8 Å². The molecular weight excluding hydrogens is 356 g/mol. The third kappa shape index (κ3) is 6.34. The normalized spacial score (nSPS) is 9.88. The lowest BCUT2D eigenvalue weighted by molar-refractivity contribution is -0.384. The Kier molecular flexibility index (Phi) is 9.11. The van der Waals surface area contributed by atoms with Crippen molar-refractivity contribution in [3.05, 3.63) is 69.8 Å². The minimum atomic E-state index is -0.483. The van der Waals surface area contributed by atoms with E-state index in [1.54, 1.807) is 12.1 Å². The second-order valence-electron chi connectivity index (χ2n) is 5.44. The highest BCUT2D eigenvalue weighted by atomic mass is 35.5. The molecule has 0 unspecified atom stereocenters. The number of amides is 1. The zero-order valence-electron chi connectivity index (χ0n) is 14.5. The molecule has 0 heterocycles. The first-order valence-corrected chi connectivity index (χ1v) is 8.17. The van der Waals surface area contributed by atoms with E-state index in [1.807, 2.05) is 37.3 Å². The fourth-order valence-corrected chi connectivity index (χ4v) is 2.31. The Bertz CT molecular complexity index is 726. The third-order valence-corrected chi connectivity index (χ3v) is 3.62. The van der Waals surface area contributed by atoms with Gasteiger partial charge in [-0.25, -0.2) is 0 Å². The first-order chi connectivity index (χ1) is 12.1. The highest BCUT2D eigenvalue weighted by Crippen LogP contribution is 2.26. The molecule has 1 amide bonds. The molecule has 0 radical (unpaired) electrons. The molecule has 3 N–H and O–H groups in total. The summed E-state index contributed by atoms with van der Waals surface area (Å²) in [5.74, 6) is -0.324. The quantitative estimate of drug-likeness (QED) is 0.354. The lowest BCUT2D eigenvalue weighted by atomic mass is 10.1. The van der Waals surface area contributed by atoms with Crippen LogP contribution >= 0.6 is 12.4 Å². The molecule has 2 aromatic carbocycles. The summed E-state index contributed by atoms with van der Waals surface area (Å²) in [6.45, 7) is 4.39. The van der Waals surface area contributed by atoms with Crippen LogP contribution in [0.25, 0.3) is 0 Å². The summed E-state index contributed by atoms with van der Waals surface area (Å²) in [5, 5.41) is 20.2. The van der Waals surface area contributed by atoms with Crippen LogP contribution in [0, 0.1) is 10.1 Å². The molecular formula is C18H23ClN4O3. The maximum atomic E-state index is 12.1. The Labute approximate surface area is 158 Å². The number of hydrogen-bond acceptors (Lipinski definition) is 5. The van der Waals surface area contributed by atoms with Gasteiger partial charge in [0.05, 0.1) is 4.92 Å². The monoisotopic (exact) mass is 378 g/mol. The summed E-state index contributed by atoms with van der Waals surface area (Å²) in [4.78, 5) is 22.9. The average Bonchev–Trinajstić information content (AvgIpc) is 2.64. The van der Waals surface area contributed by atoms with Gasteiger partial charge in [-0.3, -0.25) is 14.9 Å². The van der Waals surface area contributed by atoms with Gasteiger partial charge in [-0.2, -0.15) is 0 Å². The number of nitrogens with zero attached hydrogens (tertiary/aromatic N) is 1. The molecule has 0 bridgehead atoms. The molecule has 26 heavy (non-hydrogen) atoms. The Morgan fingerprint density at radius 1 is 1.12 bits per heavy atom. The number of benzene rings is 2. The molecule has 2 aromatic rings. The summed E-state index contributed by atoms with van der Waals surface area (Å²) in [6.07, 6.45) is 0. The second kappa shape index (κ2) is 11.1. The van der Waals surface area contributed by atoms with Crippen molar-refractivity contribution in [2.75, 3.05) is 25.0 Å². The second-order valence-corrected chi connectivity index (χ2v) is 5.44. The molecule has 0 aliphatic rings. The van der Waals surface area contributed by atoms with Crippen LogP contribution < -0.4 is 16.0 Å². The van der Waals surface area contributed by atoms with Gasteiger partial charge in [-0.15, -0.1) is 12.4 Å². The summed E-state index contributed by atoms with van der Waals surface area (Å²) < 4.78 is 0. The molecule has 0 fully saturated rings. The molecule has 0 aliphatic heterocycles. The first-order valence-electron chi connectivity index (χ1n) is 8.17. The summed E-state index contributed by atoms with van der Waals surface area (Å²) in [6, 6.07) is 14.1. The van der Waals surface area contributed by atoms with Crippen molar-refractivity contribution in [2.45, 2.75) is 13.5 Å². The van der Waals surface area contributed by atoms with Gasteiger partial charge < -0.3 is 16.0 Å². The van der Waals surface area contributed by atoms with Gasteiger partial charge in [0, 0.05) is 31.3 Å². The van der Waals surface area contributed by atoms with Crippen molar-refractivity contribution in [2.24, 2.45) is 0 Å². The smallest absolute Gasteiger partial charge is 0.293 e. The average molecular weight is 379 g/mol. The maximum absolute atomic E-state index is 12.1. The topological polar surface area (TPSA) is 96.3 Å². The molecule has 0 spiro atoms. The van der Waals surface area contributed by atoms with Gasteiger partial charge in [-0.1, -0.05) is 37.3 Å². The number of carbonyl (C=O) groups is 1. The van der Waals surface area contributed by atoms with Crippen LogP contribution in [0.2, 0.25) is 0 Å². The minimum Gasteiger partial charge on any atom is -0.375 e. The number of nitro groups is 1. The van der Waals surface area contributed by atoms with E-state index in [0.29, 0.717) is 25.3 Å². The molecule has 7 nitrogen and oxygen atoms in total. The summed E-state index contributed by atoms with van der Waals surface area (Å²) in [7, 11) is 0. The number of rotatable bonds is 9. The van der Waals surface area contributed by atoms with Crippen molar-refractivity contribution >= 4 is 29.7 Å². The number of nitrogens with one attached hydrogen (secondary N) is 3. The molecule has 0 saturated heterocycles. The summed E-state index contributed by atoms with van der Waals surface area (Å²) >= 11 is 0. The van der Waals surface area contributed by atoms with Gasteiger partial charge in [-0.05, 0) is 24.2 Å². The number of carbonyl (C=O) groups excluding carboxylic acids is 1. The summed E-state index contributed by atoms with van der Waals surface area (Å²) in [5.41, 5.74) is 1.56. The van der Waals surface area contributed by atoms with Crippen LogP contribution in [0.4, 0.5) is 11.4 Å². The number of halogens is 1. The highest BCUT2D eigenvalue weighted by molar-refractivity contribution is 5.95. The Morgan fingerprint density at radius 3 is 2.50 bits per heavy atom. The number of anilines is 1. The molecule has 0 atom stereocenters. The zero-order valence-corrected chi connectivity index (χ0v) is 15.3. The number of likely N-dealkylation sites (N-methyl/N-ethyl adjacent to an activating group) is 1. The molecule has 0 aromatic heterocycles. The van der Waals surface area contributed by atoms with Crippen LogP contribution in [-0.2, 0) is 6.54 Å². The zero-order chi connectivity index (χ0) is 18.1. The fourth-order valence-electron chi connectivity index (χ4n) is 2.31. The van der Waals surface area contributed by atoms with Gasteiger partial charge in [0.1, 0.15) is 5.69 Å². The van der Waals surface area contributed by atoms with Crippen molar-refractivity contribution in [1.29, 1.82) is 0 Å². The standard InChI is InChI=1S/C18H22N4O3.ClH/c1-2-19-10-11-20-18(23)15-8-9-16(17(12-15)22(24)25)21-13-14-6-4-3-5-7-14;/h3-9,12,19,21H,2,10-11,13H2,1H3,(H,20,23);1H. The number of nitro benzene ring substituents is 1. The van der Waals surface area contributed by atoms with Crippen molar-refractivity contribution < 1.29 is 9.72 Å². The highest BCUT2D eigenvalue weighted by Gasteiger charge is 2.17. The van der Waals surface area contributed by atoms with Gasteiger partial charge in [0.25, 0.3) is 11.6 Å². The lowest BCUT2D eigenvalue weighted by Crippen LogP contribution is -2.31. The van der Waals surface area contributed by atoms with Gasteiger partial charge in [0.2, 0.25) is 0 Å².